The monoisotopic (exact) mass is 297 g/mol. The van der Waals surface area contributed by atoms with Crippen LogP contribution in [0.2, 0.25) is 0 Å². The van der Waals surface area contributed by atoms with E-state index in [1.165, 1.54) is 6.33 Å². The van der Waals surface area contributed by atoms with E-state index in [2.05, 4.69) is 14.9 Å². The van der Waals surface area contributed by atoms with Gasteiger partial charge in [0.2, 0.25) is 15.9 Å². The summed E-state index contributed by atoms with van der Waals surface area (Å²) in [7, 11) is -3.43. The maximum Gasteiger partial charge on any atom is 0.227 e. The highest BCUT2D eigenvalue weighted by Crippen LogP contribution is 2.08. The zero-order valence-corrected chi connectivity index (χ0v) is 11.5. The molecule has 0 aliphatic rings. The Labute approximate surface area is 116 Å². The summed E-state index contributed by atoms with van der Waals surface area (Å²) in [5.41, 5.74) is 1.31. The molecule has 0 radical (unpaired) electrons. The van der Waals surface area contributed by atoms with Crippen LogP contribution < -0.4 is 4.72 Å². The minimum absolute atomic E-state index is 0.113. The summed E-state index contributed by atoms with van der Waals surface area (Å²) in [4.78, 5) is 3.80. The molecule has 2 aromatic rings. The lowest BCUT2D eigenvalue weighted by Gasteiger charge is -2.06. The Morgan fingerprint density at radius 3 is 2.80 bits per heavy atom. The molecule has 0 unspecified atom stereocenters. The van der Waals surface area contributed by atoms with Crippen LogP contribution in [0.3, 0.4) is 0 Å². The molecule has 8 heteroatoms. The Hall–Kier alpha value is -1.77. The number of nitrogens with one attached hydrogen (secondary N) is 1. The molecular formula is C12H15N3O4S. The summed E-state index contributed by atoms with van der Waals surface area (Å²) in [6.45, 7) is 0.0860. The van der Waals surface area contributed by atoms with Gasteiger partial charge in [0.1, 0.15) is 0 Å². The first-order chi connectivity index (χ1) is 9.59. The second-order valence-electron chi connectivity index (χ2n) is 4.22. The first-order valence-electron chi connectivity index (χ1n) is 6.00. The second kappa shape index (κ2) is 6.60. The average molecular weight is 297 g/mol. The van der Waals surface area contributed by atoms with Crippen molar-refractivity contribution in [1.29, 1.82) is 0 Å². The van der Waals surface area contributed by atoms with Gasteiger partial charge in [-0.2, -0.15) is 4.98 Å². The lowest BCUT2D eigenvalue weighted by molar-refractivity contribution is 0.282. The summed E-state index contributed by atoms with van der Waals surface area (Å²) in [5, 5.41) is 12.5. The molecule has 20 heavy (non-hydrogen) atoms. The predicted octanol–water partition coefficient (Wildman–Crippen LogP) is 0.224. The molecular weight excluding hydrogens is 282 g/mol. The maximum absolute atomic E-state index is 11.9. The number of hydrogen-bond donors (Lipinski definition) is 2. The van der Waals surface area contributed by atoms with Crippen LogP contribution in [0.25, 0.3) is 0 Å². The van der Waals surface area contributed by atoms with Crippen molar-refractivity contribution in [1.82, 2.24) is 14.9 Å². The van der Waals surface area contributed by atoms with Crippen molar-refractivity contribution in [2.24, 2.45) is 0 Å². The molecule has 0 atom stereocenters. The Bertz CT molecular complexity index is 640. The molecule has 0 fully saturated rings. The highest BCUT2D eigenvalue weighted by atomic mass is 32.2. The van der Waals surface area contributed by atoms with E-state index in [0.717, 1.165) is 0 Å². The van der Waals surface area contributed by atoms with Crippen molar-refractivity contribution in [2.75, 3.05) is 6.54 Å². The van der Waals surface area contributed by atoms with E-state index >= 15 is 0 Å². The van der Waals surface area contributed by atoms with E-state index in [-0.39, 0.29) is 18.9 Å². The molecule has 108 valence electrons. The molecule has 7 nitrogen and oxygen atoms in total. The third kappa shape index (κ3) is 4.41. The quantitative estimate of drug-likeness (QED) is 0.757. The van der Waals surface area contributed by atoms with E-state index in [1.54, 1.807) is 24.3 Å². The summed E-state index contributed by atoms with van der Waals surface area (Å²) >= 11 is 0. The van der Waals surface area contributed by atoms with Crippen LogP contribution >= 0.6 is 0 Å². The molecule has 1 heterocycles. The van der Waals surface area contributed by atoms with Crippen molar-refractivity contribution in [3.8, 4) is 0 Å². The molecule has 1 aromatic heterocycles. The number of aliphatic hydroxyl groups is 1. The Balaban J connectivity index is 1.89. The highest BCUT2D eigenvalue weighted by molar-refractivity contribution is 7.88. The Morgan fingerprint density at radius 1 is 1.30 bits per heavy atom. The van der Waals surface area contributed by atoms with Gasteiger partial charge in [-0.15, -0.1) is 0 Å². The van der Waals surface area contributed by atoms with Gasteiger partial charge in [-0.25, -0.2) is 13.1 Å². The van der Waals surface area contributed by atoms with E-state index < -0.39 is 10.0 Å². The molecule has 0 aliphatic carbocycles. The van der Waals surface area contributed by atoms with E-state index in [4.69, 9.17) is 9.63 Å². The lowest BCUT2D eigenvalue weighted by atomic mass is 10.1. The summed E-state index contributed by atoms with van der Waals surface area (Å²) in [5.74, 6) is 0.250. The largest absolute Gasteiger partial charge is 0.392 e. The first kappa shape index (κ1) is 14.6. The van der Waals surface area contributed by atoms with Crippen LogP contribution in [0.15, 0.2) is 35.1 Å². The number of benzene rings is 1. The smallest absolute Gasteiger partial charge is 0.227 e. The van der Waals surface area contributed by atoms with Crippen molar-refractivity contribution in [2.45, 2.75) is 18.8 Å². The average Bonchev–Trinajstić information content (AvgIpc) is 2.91. The molecule has 2 N–H and O–H groups in total. The molecule has 0 saturated carbocycles. The van der Waals surface area contributed by atoms with Gasteiger partial charge in [0.25, 0.3) is 0 Å². The SMILES string of the molecule is O=S(=O)(Cc1cccc(CO)c1)NCCc1ncno1. The van der Waals surface area contributed by atoms with Gasteiger partial charge < -0.3 is 9.63 Å². The normalized spacial score (nSPS) is 11.7. The number of aliphatic hydroxyl groups excluding tert-OH is 1. The number of sulfonamides is 1. The minimum Gasteiger partial charge on any atom is -0.392 e. The molecule has 0 aliphatic heterocycles. The Kier molecular flexibility index (Phi) is 4.83. The number of nitrogens with zero attached hydrogens (tertiary/aromatic N) is 2. The molecule has 0 amide bonds. The standard InChI is InChI=1S/C12H15N3O4S/c16-7-10-2-1-3-11(6-10)8-20(17,18)15-5-4-12-13-9-14-19-12/h1-3,6,9,15-16H,4-5,7-8H2. The van der Waals surface area contributed by atoms with Gasteiger partial charge in [0, 0.05) is 13.0 Å². The highest BCUT2D eigenvalue weighted by Gasteiger charge is 2.12. The summed E-state index contributed by atoms with van der Waals surface area (Å²) in [6, 6.07) is 6.82. The molecule has 2 rings (SSSR count). The van der Waals surface area contributed by atoms with Crippen LogP contribution in [-0.4, -0.2) is 30.2 Å². The molecule has 0 bridgehead atoms. The molecule has 0 saturated heterocycles. The molecule has 1 aromatic carbocycles. The van der Waals surface area contributed by atoms with Crippen LogP contribution in [0.1, 0.15) is 17.0 Å². The van der Waals surface area contributed by atoms with Crippen molar-refractivity contribution < 1.29 is 18.0 Å². The number of rotatable bonds is 7. The van der Waals surface area contributed by atoms with Crippen LogP contribution in [-0.2, 0) is 28.8 Å². The molecule has 0 spiro atoms. The maximum atomic E-state index is 11.9. The van der Waals surface area contributed by atoms with Crippen molar-refractivity contribution in [3.63, 3.8) is 0 Å². The fraction of sp³-hybridized carbons (Fsp3) is 0.333. The van der Waals surface area contributed by atoms with Gasteiger partial charge in [0.15, 0.2) is 6.33 Å². The van der Waals surface area contributed by atoms with E-state index in [1.807, 2.05) is 0 Å². The zero-order chi connectivity index (χ0) is 14.4. The fourth-order valence-electron chi connectivity index (χ4n) is 1.71. The second-order valence-corrected chi connectivity index (χ2v) is 6.02. The minimum atomic E-state index is -3.43. The summed E-state index contributed by atoms with van der Waals surface area (Å²) in [6.07, 6.45) is 1.61. The van der Waals surface area contributed by atoms with Gasteiger partial charge in [0.05, 0.1) is 12.4 Å². The van der Waals surface area contributed by atoms with Crippen LogP contribution in [0, 0.1) is 0 Å². The van der Waals surface area contributed by atoms with Gasteiger partial charge >= 0.3 is 0 Å². The van der Waals surface area contributed by atoms with Crippen LogP contribution in [0.4, 0.5) is 0 Å². The first-order valence-corrected chi connectivity index (χ1v) is 7.66. The van der Waals surface area contributed by atoms with Gasteiger partial charge in [-0.3, -0.25) is 0 Å². The summed E-state index contributed by atoms with van der Waals surface area (Å²) < 4.78 is 31.0. The van der Waals surface area contributed by atoms with Crippen molar-refractivity contribution >= 4 is 10.0 Å². The van der Waals surface area contributed by atoms with Crippen molar-refractivity contribution in [3.05, 3.63) is 47.6 Å². The Morgan fingerprint density at radius 2 is 2.10 bits per heavy atom. The predicted molar refractivity (Wildman–Crippen MR) is 71.0 cm³/mol. The van der Waals surface area contributed by atoms with Gasteiger partial charge in [-0.05, 0) is 11.1 Å². The van der Waals surface area contributed by atoms with Crippen LogP contribution in [0.5, 0.6) is 0 Å². The number of aromatic nitrogens is 2. The third-order valence-electron chi connectivity index (χ3n) is 2.60. The lowest BCUT2D eigenvalue weighted by Crippen LogP contribution is -2.27. The topological polar surface area (TPSA) is 105 Å². The van der Waals surface area contributed by atoms with E-state index in [9.17, 15) is 8.42 Å². The fourth-order valence-corrected chi connectivity index (χ4v) is 2.84. The number of hydrogen-bond acceptors (Lipinski definition) is 6. The zero-order valence-electron chi connectivity index (χ0n) is 10.7. The van der Waals surface area contributed by atoms with E-state index in [0.29, 0.717) is 23.4 Å². The third-order valence-corrected chi connectivity index (χ3v) is 3.96. The van der Waals surface area contributed by atoms with Gasteiger partial charge in [-0.1, -0.05) is 29.4 Å².